The van der Waals surface area contributed by atoms with Gasteiger partial charge in [0.15, 0.2) is 5.96 Å². The molecule has 3 aliphatic heterocycles. The molecule has 2 unspecified atom stereocenters. The van der Waals surface area contributed by atoms with E-state index < -0.39 is 0 Å². The number of rotatable bonds is 5. The lowest BCUT2D eigenvalue weighted by Gasteiger charge is -2.34. The van der Waals surface area contributed by atoms with Crippen LogP contribution in [0.15, 0.2) is 29.3 Å². The predicted octanol–water partition coefficient (Wildman–Crippen LogP) is 3.16. The van der Waals surface area contributed by atoms with Gasteiger partial charge in [-0.15, -0.1) is 24.0 Å². The number of likely N-dealkylation sites (tertiary alicyclic amines) is 2. The van der Waals surface area contributed by atoms with Gasteiger partial charge >= 0.3 is 0 Å². The Balaban J connectivity index is 0.00000272. The summed E-state index contributed by atoms with van der Waals surface area (Å²) in [5.41, 5.74) is 2.84. The Bertz CT molecular complexity index is 709. The molecule has 3 aliphatic rings. The summed E-state index contributed by atoms with van der Waals surface area (Å²) in [6.07, 6.45) is 5.24. The molecule has 31 heavy (non-hydrogen) atoms. The van der Waals surface area contributed by atoms with Crippen LogP contribution >= 0.6 is 24.0 Å². The quantitative estimate of drug-likeness (QED) is 0.353. The van der Waals surface area contributed by atoms with Gasteiger partial charge in [0.25, 0.3) is 0 Å². The van der Waals surface area contributed by atoms with Crippen LogP contribution in [-0.4, -0.2) is 85.7 Å². The monoisotopic (exact) mass is 541 g/mol. The Kier molecular flexibility index (Phi) is 9.87. The molecule has 7 heteroatoms. The van der Waals surface area contributed by atoms with E-state index in [1.165, 1.54) is 43.4 Å². The first-order chi connectivity index (χ1) is 14.7. The van der Waals surface area contributed by atoms with Crippen LogP contribution in [0.2, 0.25) is 0 Å². The number of hydrogen-bond donors (Lipinski definition) is 1. The van der Waals surface area contributed by atoms with Gasteiger partial charge in [-0.1, -0.05) is 30.7 Å². The van der Waals surface area contributed by atoms with Gasteiger partial charge in [0.2, 0.25) is 0 Å². The Labute approximate surface area is 205 Å². The highest BCUT2D eigenvalue weighted by Gasteiger charge is 2.30. The van der Waals surface area contributed by atoms with E-state index in [0.29, 0.717) is 12.1 Å². The third kappa shape index (κ3) is 6.55. The standard InChI is InChI=1S/C24H39N5O.HI/c1-20-7-5-6-11-28(20)18-22-9-4-3-8-21(22)17-26-24(25-2)29-12-10-23(19-29)27-13-15-30-16-14-27;/h3-4,8-9,20,23H,5-7,10-19H2,1-2H3,(H,25,26);1H. The molecular formula is C24H40IN5O. The van der Waals surface area contributed by atoms with Crippen LogP contribution in [0.1, 0.15) is 43.7 Å². The largest absolute Gasteiger partial charge is 0.379 e. The molecule has 0 spiro atoms. The van der Waals surface area contributed by atoms with Crippen molar-refractivity contribution in [3.8, 4) is 0 Å². The average Bonchev–Trinajstić information content (AvgIpc) is 3.27. The van der Waals surface area contributed by atoms with Crippen LogP contribution in [0.25, 0.3) is 0 Å². The molecule has 3 heterocycles. The van der Waals surface area contributed by atoms with E-state index in [1.54, 1.807) is 0 Å². The SMILES string of the molecule is CN=C(NCc1ccccc1CN1CCCCC1C)N1CCC(N2CCOCC2)C1.I. The lowest BCUT2D eigenvalue weighted by atomic mass is 10.0. The topological polar surface area (TPSA) is 43.3 Å². The van der Waals surface area contributed by atoms with Gasteiger partial charge in [0.1, 0.15) is 0 Å². The number of nitrogens with zero attached hydrogens (tertiary/aromatic N) is 4. The average molecular weight is 542 g/mol. The number of halogens is 1. The van der Waals surface area contributed by atoms with E-state index in [2.05, 4.69) is 56.2 Å². The molecule has 4 rings (SSSR count). The number of nitrogens with one attached hydrogen (secondary N) is 1. The molecule has 0 bridgehead atoms. The van der Waals surface area contributed by atoms with Crippen molar-refractivity contribution in [1.29, 1.82) is 0 Å². The zero-order valence-electron chi connectivity index (χ0n) is 19.3. The second-order valence-corrected chi connectivity index (χ2v) is 9.02. The number of guanidine groups is 1. The fourth-order valence-electron chi connectivity index (χ4n) is 5.18. The van der Waals surface area contributed by atoms with E-state index in [-0.39, 0.29) is 24.0 Å². The molecule has 2 atom stereocenters. The van der Waals surface area contributed by atoms with Crippen LogP contribution in [0.3, 0.4) is 0 Å². The lowest BCUT2D eigenvalue weighted by molar-refractivity contribution is 0.0195. The van der Waals surface area contributed by atoms with Crippen molar-refractivity contribution in [2.24, 2.45) is 4.99 Å². The van der Waals surface area contributed by atoms with Crippen molar-refractivity contribution in [2.45, 2.75) is 57.8 Å². The van der Waals surface area contributed by atoms with Crippen molar-refractivity contribution in [3.63, 3.8) is 0 Å². The van der Waals surface area contributed by atoms with Gasteiger partial charge in [-0.3, -0.25) is 14.8 Å². The van der Waals surface area contributed by atoms with Crippen molar-refractivity contribution in [2.75, 3.05) is 53.0 Å². The molecule has 0 aliphatic carbocycles. The number of morpholine rings is 1. The molecule has 0 radical (unpaired) electrons. The normalized spacial score (nSPS) is 26.0. The molecule has 174 valence electrons. The minimum absolute atomic E-state index is 0. The van der Waals surface area contributed by atoms with Gasteiger partial charge in [0.05, 0.1) is 13.2 Å². The summed E-state index contributed by atoms with van der Waals surface area (Å²) in [4.78, 5) is 12.3. The summed E-state index contributed by atoms with van der Waals surface area (Å²) in [6, 6.07) is 10.2. The molecule has 0 aromatic heterocycles. The minimum atomic E-state index is 0. The molecule has 0 amide bonds. The van der Waals surface area contributed by atoms with Crippen LogP contribution in [-0.2, 0) is 17.8 Å². The Hall–Kier alpha value is -0.900. The molecule has 1 N–H and O–H groups in total. The maximum atomic E-state index is 5.52. The van der Waals surface area contributed by atoms with E-state index in [9.17, 15) is 0 Å². The van der Waals surface area contributed by atoms with Crippen molar-refractivity contribution in [1.82, 2.24) is 20.0 Å². The summed E-state index contributed by atoms with van der Waals surface area (Å²) in [6.45, 7) is 11.5. The Morgan fingerprint density at radius 1 is 1.06 bits per heavy atom. The molecule has 3 fully saturated rings. The van der Waals surface area contributed by atoms with Gasteiger partial charge in [-0.2, -0.15) is 0 Å². The number of ether oxygens (including phenoxy) is 1. The first-order valence-electron chi connectivity index (χ1n) is 11.8. The highest BCUT2D eigenvalue weighted by molar-refractivity contribution is 14.0. The van der Waals surface area contributed by atoms with Crippen LogP contribution < -0.4 is 5.32 Å². The smallest absolute Gasteiger partial charge is 0.193 e. The summed E-state index contributed by atoms with van der Waals surface area (Å²) in [5.74, 6) is 1.03. The second-order valence-electron chi connectivity index (χ2n) is 9.02. The summed E-state index contributed by atoms with van der Waals surface area (Å²) in [5, 5.41) is 3.65. The number of aliphatic imine (C=N–C) groups is 1. The summed E-state index contributed by atoms with van der Waals surface area (Å²) < 4.78 is 5.52. The fourth-order valence-corrected chi connectivity index (χ4v) is 5.18. The molecule has 0 saturated carbocycles. The van der Waals surface area contributed by atoms with Gasteiger partial charge in [-0.05, 0) is 43.9 Å². The van der Waals surface area contributed by atoms with E-state index in [4.69, 9.17) is 4.74 Å². The fraction of sp³-hybridized carbons (Fsp3) is 0.708. The van der Waals surface area contributed by atoms with E-state index >= 15 is 0 Å². The first kappa shape index (κ1) is 24.7. The Morgan fingerprint density at radius 3 is 2.58 bits per heavy atom. The van der Waals surface area contributed by atoms with Crippen molar-refractivity contribution >= 4 is 29.9 Å². The van der Waals surface area contributed by atoms with Gasteiger partial charge in [-0.25, -0.2) is 0 Å². The molecule has 1 aromatic rings. The van der Waals surface area contributed by atoms with E-state index in [0.717, 1.165) is 58.4 Å². The lowest BCUT2D eigenvalue weighted by Crippen LogP contribution is -2.46. The zero-order valence-corrected chi connectivity index (χ0v) is 21.6. The van der Waals surface area contributed by atoms with Gasteiger partial charge in [0, 0.05) is 58.4 Å². The van der Waals surface area contributed by atoms with Crippen molar-refractivity contribution in [3.05, 3.63) is 35.4 Å². The first-order valence-corrected chi connectivity index (χ1v) is 11.8. The maximum absolute atomic E-state index is 5.52. The minimum Gasteiger partial charge on any atom is -0.379 e. The summed E-state index contributed by atoms with van der Waals surface area (Å²) in [7, 11) is 1.91. The second kappa shape index (κ2) is 12.4. The maximum Gasteiger partial charge on any atom is 0.193 e. The predicted molar refractivity (Wildman–Crippen MR) is 138 cm³/mol. The number of piperidine rings is 1. The molecule has 1 aromatic carbocycles. The highest BCUT2D eigenvalue weighted by atomic mass is 127. The highest BCUT2D eigenvalue weighted by Crippen LogP contribution is 2.21. The zero-order chi connectivity index (χ0) is 20.8. The molecule has 3 saturated heterocycles. The third-order valence-electron chi connectivity index (χ3n) is 7.11. The molecule has 6 nitrogen and oxygen atoms in total. The van der Waals surface area contributed by atoms with E-state index in [1.807, 2.05) is 7.05 Å². The number of benzene rings is 1. The van der Waals surface area contributed by atoms with Crippen LogP contribution in [0.5, 0.6) is 0 Å². The molecular weight excluding hydrogens is 501 g/mol. The van der Waals surface area contributed by atoms with Gasteiger partial charge < -0.3 is 15.0 Å². The Morgan fingerprint density at radius 2 is 1.84 bits per heavy atom. The summed E-state index contributed by atoms with van der Waals surface area (Å²) >= 11 is 0. The van der Waals surface area contributed by atoms with Crippen molar-refractivity contribution < 1.29 is 4.74 Å². The number of hydrogen-bond acceptors (Lipinski definition) is 4. The third-order valence-corrected chi connectivity index (χ3v) is 7.11. The van der Waals surface area contributed by atoms with Crippen LogP contribution in [0, 0.1) is 0 Å². The van der Waals surface area contributed by atoms with Crippen LogP contribution in [0.4, 0.5) is 0 Å².